The number of hydrogen-bond donors (Lipinski definition) is 1. The lowest BCUT2D eigenvalue weighted by Gasteiger charge is -2.05. The standard InChI is InChI=1S/C13H27NO.BrH/c1-4-5-6-7-8-9-10-11-13(14)12(2,3)15-13;/h4-11,14H2,1-3H3;1H. The van der Waals surface area contributed by atoms with Crippen molar-refractivity contribution in [3.63, 3.8) is 0 Å². The highest BCUT2D eigenvalue weighted by molar-refractivity contribution is 5.00. The van der Waals surface area contributed by atoms with Gasteiger partial charge in [-0.25, -0.2) is 0 Å². The van der Waals surface area contributed by atoms with Crippen LogP contribution >= 0.6 is 0 Å². The fourth-order valence-corrected chi connectivity index (χ4v) is 2.18. The molecule has 0 aromatic heterocycles. The Morgan fingerprint density at radius 1 is 0.938 bits per heavy atom. The van der Waals surface area contributed by atoms with E-state index in [0.29, 0.717) is 0 Å². The quantitative estimate of drug-likeness (QED) is 0.492. The minimum Gasteiger partial charge on any atom is -1.00 e. The Morgan fingerprint density at radius 2 is 1.38 bits per heavy atom. The summed E-state index contributed by atoms with van der Waals surface area (Å²) in [4.78, 5) is 0. The van der Waals surface area contributed by atoms with Gasteiger partial charge in [0.2, 0.25) is 5.72 Å². The fraction of sp³-hybridized carbons (Fsp3) is 1.00. The molecule has 1 saturated heterocycles. The monoisotopic (exact) mass is 293 g/mol. The largest absolute Gasteiger partial charge is 1.00 e. The van der Waals surface area contributed by atoms with Crippen molar-refractivity contribution in [3.8, 4) is 0 Å². The van der Waals surface area contributed by atoms with E-state index in [4.69, 9.17) is 4.74 Å². The zero-order chi connectivity index (χ0) is 11.4. The number of rotatable bonds is 8. The molecule has 0 aromatic carbocycles. The molecule has 16 heavy (non-hydrogen) atoms. The first-order valence-corrected chi connectivity index (χ1v) is 6.57. The molecule has 1 aliphatic rings. The molecule has 0 saturated carbocycles. The lowest BCUT2D eigenvalue weighted by atomic mass is 9.98. The summed E-state index contributed by atoms with van der Waals surface area (Å²) >= 11 is 0. The Morgan fingerprint density at radius 3 is 1.81 bits per heavy atom. The molecule has 2 nitrogen and oxygen atoms in total. The molecule has 0 bridgehead atoms. The van der Waals surface area contributed by atoms with Crippen LogP contribution in [0.2, 0.25) is 0 Å². The first kappa shape index (κ1) is 16.4. The zero-order valence-corrected chi connectivity index (χ0v) is 12.7. The van der Waals surface area contributed by atoms with Gasteiger partial charge in [-0.15, -0.1) is 0 Å². The predicted octanol–water partition coefficient (Wildman–Crippen LogP) is -0.122. The average Bonchev–Trinajstić information content (AvgIpc) is 2.65. The van der Waals surface area contributed by atoms with Crippen LogP contribution in [-0.2, 0) is 4.74 Å². The summed E-state index contributed by atoms with van der Waals surface area (Å²) in [7, 11) is 0. The van der Waals surface area contributed by atoms with E-state index in [1.54, 1.807) is 0 Å². The van der Waals surface area contributed by atoms with Gasteiger partial charge in [0.25, 0.3) is 0 Å². The zero-order valence-electron chi connectivity index (χ0n) is 11.2. The third-order valence-corrected chi connectivity index (χ3v) is 3.69. The van der Waals surface area contributed by atoms with Crippen molar-refractivity contribution >= 4 is 0 Å². The van der Waals surface area contributed by atoms with Crippen molar-refractivity contribution in [1.82, 2.24) is 0 Å². The highest BCUT2D eigenvalue weighted by Crippen LogP contribution is 2.44. The summed E-state index contributed by atoms with van der Waals surface area (Å²) in [5.41, 5.74) is 4.14. The smallest absolute Gasteiger partial charge is 0.228 e. The van der Waals surface area contributed by atoms with Crippen LogP contribution in [-0.4, -0.2) is 11.3 Å². The van der Waals surface area contributed by atoms with Crippen LogP contribution in [0.1, 0.15) is 72.1 Å². The fourth-order valence-electron chi connectivity index (χ4n) is 2.18. The third kappa shape index (κ3) is 4.72. The second-order valence-corrected chi connectivity index (χ2v) is 5.48. The molecule has 98 valence electrons. The van der Waals surface area contributed by atoms with E-state index >= 15 is 0 Å². The Balaban J connectivity index is 0.00000225. The summed E-state index contributed by atoms with van der Waals surface area (Å²) in [5.74, 6) is 0. The summed E-state index contributed by atoms with van der Waals surface area (Å²) in [6, 6.07) is 0. The van der Waals surface area contributed by atoms with Crippen LogP contribution in [0.3, 0.4) is 0 Å². The van der Waals surface area contributed by atoms with Crippen molar-refractivity contribution < 1.29 is 27.5 Å². The molecule has 0 aromatic rings. The van der Waals surface area contributed by atoms with Crippen LogP contribution in [0.15, 0.2) is 0 Å². The molecule has 0 spiro atoms. The van der Waals surface area contributed by atoms with E-state index in [-0.39, 0.29) is 28.3 Å². The third-order valence-electron chi connectivity index (χ3n) is 3.69. The molecule has 3 N–H and O–H groups in total. The molecule has 0 radical (unpaired) electrons. The Labute approximate surface area is 111 Å². The highest BCUT2D eigenvalue weighted by atomic mass is 79.9. The van der Waals surface area contributed by atoms with Gasteiger partial charge in [-0.2, -0.15) is 0 Å². The first-order chi connectivity index (χ1) is 7.02. The Bertz CT molecular complexity index is 196. The molecule has 3 heteroatoms. The van der Waals surface area contributed by atoms with E-state index in [0.717, 1.165) is 6.42 Å². The van der Waals surface area contributed by atoms with Gasteiger partial charge in [0, 0.05) is 6.42 Å². The molecule has 1 fully saturated rings. The van der Waals surface area contributed by atoms with Gasteiger partial charge in [-0.1, -0.05) is 45.4 Å². The van der Waals surface area contributed by atoms with Gasteiger partial charge >= 0.3 is 0 Å². The van der Waals surface area contributed by atoms with E-state index < -0.39 is 0 Å². The Hall–Kier alpha value is 0.400. The van der Waals surface area contributed by atoms with E-state index in [9.17, 15) is 0 Å². The lowest BCUT2D eigenvalue weighted by molar-refractivity contribution is -0.473. The molecule has 1 unspecified atom stereocenters. The number of quaternary nitrogens is 1. The van der Waals surface area contributed by atoms with Crippen LogP contribution in [0.25, 0.3) is 0 Å². The van der Waals surface area contributed by atoms with Gasteiger partial charge < -0.3 is 27.5 Å². The van der Waals surface area contributed by atoms with E-state index in [1.165, 1.54) is 44.9 Å². The normalized spacial score (nSPS) is 26.2. The molecule has 0 aliphatic carbocycles. The second kappa shape index (κ2) is 6.97. The molecule has 0 amide bonds. The van der Waals surface area contributed by atoms with Crippen molar-refractivity contribution in [3.05, 3.63) is 0 Å². The second-order valence-electron chi connectivity index (χ2n) is 5.48. The summed E-state index contributed by atoms with van der Waals surface area (Å²) in [5, 5.41) is 0. The predicted molar refractivity (Wildman–Crippen MR) is 63.4 cm³/mol. The summed E-state index contributed by atoms with van der Waals surface area (Å²) in [6.45, 7) is 6.54. The van der Waals surface area contributed by atoms with Gasteiger partial charge in [-0.3, -0.25) is 0 Å². The summed E-state index contributed by atoms with van der Waals surface area (Å²) < 4.78 is 5.63. The number of epoxide rings is 1. The van der Waals surface area contributed by atoms with Gasteiger partial charge in [0.1, 0.15) is 5.60 Å². The Kier molecular flexibility index (Phi) is 7.15. The SMILES string of the molecule is CCCCCCCCCC1([NH3+])OC1(C)C.[Br-]. The van der Waals surface area contributed by atoms with Gasteiger partial charge in [0.05, 0.1) is 0 Å². The maximum atomic E-state index is 5.63. The maximum Gasteiger partial charge on any atom is 0.228 e. The minimum atomic E-state index is -0.0591. The number of hydrogen-bond acceptors (Lipinski definition) is 1. The van der Waals surface area contributed by atoms with Crippen LogP contribution in [0, 0.1) is 0 Å². The molecule has 1 aliphatic heterocycles. The lowest BCUT2D eigenvalue weighted by Crippen LogP contribution is -3.00. The number of ether oxygens (including phenoxy) is 1. The van der Waals surface area contributed by atoms with Crippen molar-refractivity contribution in [2.75, 3.05) is 0 Å². The van der Waals surface area contributed by atoms with Crippen LogP contribution in [0.4, 0.5) is 0 Å². The van der Waals surface area contributed by atoms with Crippen molar-refractivity contribution in [2.24, 2.45) is 0 Å². The number of halogens is 1. The molecule has 1 atom stereocenters. The van der Waals surface area contributed by atoms with Gasteiger partial charge in [-0.05, 0) is 20.3 Å². The molecular weight excluding hydrogens is 266 g/mol. The van der Waals surface area contributed by atoms with Crippen molar-refractivity contribution in [1.29, 1.82) is 0 Å². The van der Waals surface area contributed by atoms with E-state index in [1.807, 2.05) is 0 Å². The topological polar surface area (TPSA) is 40.2 Å². The van der Waals surface area contributed by atoms with Crippen molar-refractivity contribution in [2.45, 2.75) is 83.5 Å². The molecular formula is C13H28BrNO. The van der Waals surface area contributed by atoms with Crippen LogP contribution < -0.4 is 22.7 Å². The van der Waals surface area contributed by atoms with Gasteiger partial charge in [0.15, 0.2) is 0 Å². The highest BCUT2D eigenvalue weighted by Gasteiger charge is 2.65. The average molecular weight is 294 g/mol. The minimum absolute atomic E-state index is 0. The maximum absolute atomic E-state index is 5.63. The first-order valence-electron chi connectivity index (χ1n) is 6.57. The molecule has 1 heterocycles. The molecule has 1 rings (SSSR count). The summed E-state index contributed by atoms with van der Waals surface area (Å²) in [6.07, 6.45) is 10.7. The number of unbranched alkanes of at least 4 members (excludes halogenated alkanes) is 6. The van der Waals surface area contributed by atoms with Crippen LogP contribution in [0.5, 0.6) is 0 Å². The van der Waals surface area contributed by atoms with E-state index in [2.05, 4.69) is 26.5 Å².